The maximum absolute atomic E-state index is 10.8. The first-order chi connectivity index (χ1) is 7.09. The second-order valence-corrected chi connectivity index (χ2v) is 5.81. The van der Waals surface area contributed by atoms with Crippen molar-refractivity contribution in [2.75, 3.05) is 6.66 Å². The predicted octanol–water partition coefficient (Wildman–Crippen LogP) is 1.81. The molecule has 0 aromatic rings. The Hall–Kier alpha value is -0.200. The number of ketones is 1. The zero-order chi connectivity index (χ0) is 13.0. The van der Waals surface area contributed by atoms with Crippen LogP contribution in [-0.2, 0) is 14.9 Å². The highest BCUT2D eigenvalue weighted by Crippen LogP contribution is 2.28. The number of rotatable bonds is 1. The van der Waals surface area contributed by atoms with Gasteiger partial charge in [-0.1, -0.05) is 0 Å². The molecule has 0 saturated heterocycles. The van der Waals surface area contributed by atoms with Gasteiger partial charge in [0, 0.05) is 12.1 Å². The second kappa shape index (κ2) is 5.93. The minimum absolute atomic E-state index is 0.454. The summed E-state index contributed by atoms with van der Waals surface area (Å²) in [5, 5.41) is 0. The van der Waals surface area contributed by atoms with Gasteiger partial charge in [-0.25, -0.2) is 0 Å². The summed E-state index contributed by atoms with van der Waals surface area (Å²) in [6, 6.07) is 0. The van der Waals surface area contributed by atoms with Crippen LogP contribution in [-0.4, -0.2) is 36.6 Å². The molecule has 0 radical (unpaired) electrons. The minimum Gasteiger partial charge on any atom is -0.299 e. The summed E-state index contributed by atoms with van der Waals surface area (Å²) in [5.74, 6) is 0.505. The van der Waals surface area contributed by atoms with Crippen molar-refractivity contribution in [2.24, 2.45) is 0 Å². The molecular weight excluding hydrogens is 268 g/mol. The maximum Gasteiger partial charge on any atom is 0.522 e. The normalized spacial score (nSPS) is 22.3. The molecule has 0 bridgehead atoms. The summed E-state index contributed by atoms with van der Waals surface area (Å²) >= 11 is 0. The maximum atomic E-state index is 10.8. The molecule has 1 fully saturated rings. The van der Waals surface area contributed by atoms with Gasteiger partial charge in [-0.3, -0.25) is 9.35 Å². The number of hydrogen-bond donors (Lipinski definition) is 1. The Labute approximate surface area is 93.1 Å². The van der Waals surface area contributed by atoms with Crippen molar-refractivity contribution < 1.29 is 30.9 Å². The summed E-state index contributed by atoms with van der Waals surface area (Å²) in [5.41, 5.74) is -5.08. The number of carbonyl (C=O) groups excluding carboxylic acids is 1. The molecular formula is C7H12F3O4PS. The molecule has 9 heteroatoms. The summed E-state index contributed by atoms with van der Waals surface area (Å²) < 4.78 is 57.5. The molecule has 2 atom stereocenters. The first-order valence-corrected chi connectivity index (χ1v) is 7.35. The topological polar surface area (TPSA) is 71.4 Å². The van der Waals surface area contributed by atoms with Gasteiger partial charge in [0.25, 0.3) is 0 Å². The Balaban J connectivity index is 0.000000281. The highest BCUT2D eigenvalue weighted by atomic mass is 32.2. The molecule has 16 heavy (non-hydrogen) atoms. The summed E-state index contributed by atoms with van der Waals surface area (Å²) in [6.45, 7) is 2.12. The largest absolute Gasteiger partial charge is 0.522 e. The van der Waals surface area contributed by atoms with Gasteiger partial charge in [0.15, 0.2) is 0 Å². The third-order valence-electron chi connectivity index (χ3n) is 1.95. The first-order valence-electron chi connectivity index (χ1n) is 4.33. The van der Waals surface area contributed by atoms with Gasteiger partial charge in [0.1, 0.15) is 5.78 Å². The van der Waals surface area contributed by atoms with Crippen molar-refractivity contribution in [1.82, 2.24) is 0 Å². The lowest BCUT2D eigenvalue weighted by Crippen LogP contribution is -2.21. The molecule has 96 valence electrons. The molecule has 0 amide bonds. The lowest BCUT2D eigenvalue weighted by Gasteiger charge is -1.99. The molecule has 2 unspecified atom stereocenters. The number of hydrogen-bond acceptors (Lipinski definition) is 3. The number of alkyl halides is 3. The third-order valence-corrected chi connectivity index (χ3v) is 3.84. The highest BCUT2D eigenvalue weighted by Gasteiger charge is 2.44. The van der Waals surface area contributed by atoms with Crippen LogP contribution >= 0.6 is 8.58 Å². The number of carbonyl (C=O) groups is 1. The molecule has 1 N–H and O–H groups in total. The Morgan fingerprint density at radius 2 is 1.88 bits per heavy atom. The van der Waals surface area contributed by atoms with Gasteiger partial charge in [0.05, 0.1) is 0 Å². The van der Waals surface area contributed by atoms with Crippen LogP contribution in [0.4, 0.5) is 13.2 Å². The van der Waals surface area contributed by atoms with E-state index < -0.39 is 15.6 Å². The van der Waals surface area contributed by atoms with Gasteiger partial charge in [-0.2, -0.15) is 21.6 Å². The van der Waals surface area contributed by atoms with Crippen LogP contribution in [0.25, 0.3) is 0 Å². The average Bonchev–Trinajstić information content (AvgIpc) is 2.48. The molecule has 0 aromatic carbocycles. The molecule has 1 rings (SSSR count). The van der Waals surface area contributed by atoms with Gasteiger partial charge < -0.3 is 0 Å². The molecule has 1 aliphatic carbocycles. The van der Waals surface area contributed by atoms with Crippen LogP contribution in [0.2, 0.25) is 0 Å². The van der Waals surface area contributed by atoms with Gasteiger partial charge >= 0.3 is 15.6 Å². The standard InChI is InChI=1S/C6H11OP.CHF3O3S/c1-8-6-4-2-3-5(6)7;2-1(3,4)8(5,6)7/h6,8H,2-4H2,1H3;(H,5,6,7). The van der Waals surface area contributed by atoms with Crippen molar-refractivity contribution >= 4 is 24.5 Å². The van der Waals surface area contributed by atoms with Crippen LogP contribution in [0.3, 0.4) is 0 Å². The monoisotopic (exact) mass is 280 g/mol. The Morgan fingerprint density at radius 1 is 1.44 bits per heavy atom. The van der Waals surface area contributed by atoms with E-state index in [0.717, 1.165) is 27.8 Å². The highest BCUT2D eigenvalue weighted by molar-refractivity contribution is 7.86. The lowest BCUT2D eigenvalue weighted by molar-refractivity contribution is -0.117. The van der Waals surface area contributed by atoms with Gasteiger partial charge in [-0.15, -0.1) is 8.58 Å². The molecule has 0 spiro atoms. The van der Waals surface area contributed by atoms with Crippen LogP contribution in [0, 0.1) is 0 Å². The number of Topliss-reactive ketones (excluding diaryl/α,β-unsaturated/α-hetero) is 1. The fourth-order valence-corrected chi connectivity index (χ4v) is 2.08. The van der Waals surface area contributed by atoms with Crippen LogP contribution in [0.5, 0.6) is 0 Å². The Bertz CT molecular complexity index is 338. The van der Waals surface area contributed by atoms with E-state index in [1.807, 2.05) is 0 Å². The van der Waals surface area contributed by atoms with E-state index in [9.17, 15) is 18.0 Å². The van der Waals surface area contributed by atoms with Crippen molar-refractivity contribution in [2.45, 2.75) is 30.4 Å². The van der Waals surface area contributed by atoms with Crippen LogP contribution in [0.15, 0.2) is 0 Å². The van der Waals surface area contributed by atoms with Crippen molar-refractivity contribution in [3.8, 4) is 0 Å². The van der Waals surface area contributed by atoms with E-state index in [2.05, 4.69) is 6.66 Å². The Morgan fingerprint density at radius 3 is 2.00 bits per heavy atom. The molecule has 0 aliphatic heterocycles. The summed E-state index contributed by atoms with van der Waals surface area (Å²) in [4.78, 5) is 10.8. The fourth-order valence-electron chi connectivity index (χ4n) is 1.12. The van der Waals surface area contributed by atoms with Crippen molar-refractivity contribution in [1.29, 1.82) is 0 Å². The SMILES string of the molecule is CPC1CCCC1=O.O=S(=O)(O)C(F)(F)F. The van der Waals surface area contributed by atoms with E-state index in [1.165, 1.54) is 0 Å². The van der Waals surface area contributed by atoms with Crippen molar-refractivity contribution in [3.63, 3.8) is 0 Å². The molecule has 4 nitrogen and oxygen atoms in total. The van der Waals surface area contributed by atoms with Crippen molar-refractivity contribution in [3.05, 3.63) is 0 Å². The third kappa shape index (κ3) is 5.23. The molecule has 0 heterocycles. The summed E-state index contributed by atoms with van der Waals surface area (Å²) in [6.07, 6.45) is 3.16. The molecule has 1 aliphatic rings. The smallest absolute Gasteiger partial charge is 0.299 e. The fraction of sp³-hybridized carbons (Fsp3) is 0.857. The Kier molecular flexibility index (Phi) is 5.86. The van der Waals surface area contributed by atoms with E-state index in [1.54, 1.807) is 0 Å². The second-order valence-electron chi connectivity index (χ2n) is 3.12. The van der Waals surface area contributed by atoms with Gasteiger partial charge in [-0.05, 0) is 19.5 Å². The quantitative estimate of drug-likeness (QED) is 0.452. The summed E-state index contributed by atoms with van der Waals surface area (Å²) in [7, 11) is -5.00. The first kappa shape index (κ1) is 15.8. The van der Waals surface area contributed by atoms with Crippen LogP contribution < -0.4 is 0 Å². The number of halogens is 3. The zero-order valence-electron chi connectivity index (χ0n) is 8.41. The van der Waals surface area contributed by atoms with E-state index in [4.69, 9.17) is 13.0 Å². The van der Waals surface area contributed by atoms with Crippen LogP contribution in [0.1, 0.15) is 19.3 Å². The van der Waals surface area contributed by atoms with E-state index in [-0.39, 0.29) is 0 Å². The zero-order valence-corrected chi connectivity index (χ0v) is 10.2. The van der Waals surface area contributed by atoms with Gasteiger partial charge in [0.2, 0.25) is 0 Å². The lowest BCUT2D eigenvalue weighted by atomic mass is 10.3. The van der Waals surface area contributed by atoms with E-state index in [0.29, 0.717) is 11.4 Å². The van der Waals surface area contributed by atoms with E-state index >= 15 is 0 Å². The minimum atomic E-state index is -5.84. The predicted molar refractivity (Wildman–Crippen MR) is 54.5 cm³/mol. The molecule has 1 saturated carbocycles. The molecule has 0 aromatic heterocycles. The average molecular weight is 280 g/mol.